The lowest BCUT2D eigenvalue weighted by Gasteiger charge is -2.00. The zero-order chi connectivity index (χ0) is 15.2. The van der Waals surface area contributed by atoms with Crippen LogP contribution in [0.5, 0.6) is 0 Å². The number of halogens is 1. The summed E-state index contributed by atoms with van der Waals surface area (Å²) in [6, 6.07) is 9.61. The van der Waals surface area contributed by atoms with Crippen molar-refractivity contribution in [3.05, 3.63) is 46.6 Å². The van der Waals surface area contributed by atoms with E-state index in [4.69, 9.17) is 5.26 Å². The fourth-order valence-corrected chi connectivity index (χ4v) is 2.26. The normalized spacial score (nSPS) is 10.7. The summed E-state index contributed by atoms with van der Waals surface area (Å²) in [6.45, 7) is 0.455. The first-order valence-corrected chi connectivity index (χ1v) is 6.99. The van der Waals surface area contributed by atoms with Crippen LogP contribution in [0.15, 0.2) is 41.0 Å². The zero-order valence-electron chi connectivity index (χ0n) is 11.0. The number of nitrogens with zero attached hydrogens (tertiary/aromatic N) is 3. The SMILES string of the molecule is N#CCCn1cc(/C=C/C(=O)[O-])c(-c2cccc(Br)c2)n1. The number of rotatable bonds is 5. The Morgan fingerprint density at radius 2 is 2.33 bits per heavy atom. The van der Waals surface area contributed by atoms with Crippen LogP contribution in [-0.2, 0) is 11.3 Å². The average Bonchev–Trinajstić information content (AvgIpc) is 2.86. The highest BCUT2D eigenvalue weighted by atomic mass is 79.9. The van der Waals surface area contributed by atoms with Gasteiger partial charge in [-0.15, -0.1) is 0 Å². The maximum absolute atomic E-state index is 10.6. The van der Waals surface area contributed by atoms with Gasteiger partial charge in [0.2, 0.25) is 0 Å². The van der Waals surface area contributed by atoms with Crippen molar-refractivity contribution in [3.8, 4) is 17.3 Å². The summed E-state index contributed by atoms with van der Waals surface area (Å²) in [5.41, 5.74) is 2.18. The van der Waals surface area contributed by atoms with Crippen LogP contribution < -0.4 is 5.11 Å². The van der Waals surface area contributed by atoms with Gasteiger partial charge >= 0.3 is 0 Å². The minimum absolute atomic E-state index is 0.337. The molecule has 1 aromatic carbocycles. The number of nitriles is 1. The number of carboxylic acids is 1. The monoisotopic (exact) mass is 344 g/mol. The standard InChI is InChI=1S/C15H12BrN3O2/c16-13-4-1-3-11(9-13)15-12(5-6-14(20)21)10-19(18-15)8-2-7-17/h1,3-6,9-10H,2,8H2,(H,20,21)/p-1/b6-5+. The fraction of sp³-hybridized carbons (Fsp3) is 0.133. The maximum atomic E-state index is 10.6. The molecule has 0 N–H and O–H groups in total. The summed E-state index contributed by atoms with van der Waals surface area (Å²) >= 11 is 3.40. The smallest absolute Gasteiger partial charge is 0.0995 e. The molecule has 2 rings (SSSR count). The summed E-state index contributed by atoms with van der Waals surface area (Å²) in [6.07, 6.45) is 4.46. The third kappa shape index (κ3) is 4.04. The Kier molecular flexibility index (Phi) is 4.90. The number of carbonyl (C=O) groups excluding carboxylic acids is 1. The van der Waals surface area contributed by atoms with Crippen LogP contribution in [0.3, 0.4) is 0 Å². The van der Waals surface area contributed by atoms with E-state index in [-0.39, 0.29) is 0 Å². The van der Waals surface area contributed by atoms with E-state index in [1.165, 1.54) is 6.08 Å². The van der Waals surface area contributed by atoms with Crippen LogP contribution >= 0.6 is 15.9 Å². The number of carbonyl (C=O) groups is 1. The van der Waals surface area contributed by atoms with E-state index < -0.39 is 5.97 Å². The third-order valence-electron chi connectivity index (χ3n) is 2.74. The molecule has 6 heteroatoms. The van der Waals surface area contributed by atoms with E-state index >= 15 is 0 Å². The van der Waals surface area contributed by atoms with Gasteiger partial charge in [0.05, 0.1) is 30.7 Å². The van der Waals surface area contributed by atoms with Gasteiger partial charge in [-0.25, -0.2) is 0 Å². The van der Waals surface area contributed by atoms with Gasteiger partial charge in [0.15, 0.2) is 0 Å². The molecule has 0 aliphatic carbocycles. The van der Waals surface area contributed by atoms with Gasteiger partial charge in [-0.2, -0.15) is 10.4 Å². The Labute approximate surface area is 130 Å². The van der Waals surface area contributed by atoms with Crippen molar-refractivity contribution in [2.75, 3.05) is 0 Å². The summed E-state index contributed by atoms with van der Waals surface area (Å²) in [7, 11) is 0. The highest BCUT2D eigenvalue weighted by Gasteiger charge is 2.09. The average molecular weight is 345 g/mol. The van der Waals surface area contributed by atoms with E-state index in [0.717, 1.165) is 16.1 Å². The van der Waals surface area contributed by atoms with Crippen LogP contribution in [0, 0.1) is 11.3 Å². The molecule has 0 saturated carbocycles. The first kappa shape index (κ1) is 15.0. The predicted octanol–water partition coefficient (Wildman–Crippen LogP) is 1.99. The summed E-state index contributed by atoms with van der Waals surface area (Å²) in [5.74, 6) is -1.26. The lowest BCUT2D eigenvalue weighted by atomic mass is 10.1. The van der Waals surface area contributed by atoms with E-state index in [9.17, 15) is 9.90 Å². The molecular formula is C15H11BrN3O2-. The number of benzene rings is 1. The largest absolute Gasteiger partial charge is 0.545 e. The molecule has 0 fully saturated rings. The molecule has 5 nitrogen and oxygen atoms in total. The lowest BCUT2D eigenvalue weighted by Crippen LogP contribution is -2.18. The molecule has 0 bridgehead atoms. The number of hydrogen-bond donors (Lipinski definition) is 0. The van der Waals surface area contributed by atoms with Gasteiger partial charge in [0, 0.05) is 21.8 Å². The number of aromatic nitrogens is 2. The first-order chi connectivity index (χ1) is 10.1. The quantitative estimate of drug-likeness (QED) is 0.776. The molecule has 0 unspecified atom stereocenters. The van der Waals surface area contributed by atoms with Gasteiger partial charge in [0.25, 0.3) is 0 Å². The summed E-state index contributed by atoms with van der Waals surface area (Å²) < 4.78 is 2.54. The van der Waals surface area contributed by atoms with Crippen molar-refractivity contribution < 1.29 is 9.90 Å². The van der Waals surface area contributed by atoms with E-state index in [1.54, 1.807) is 10.9 Å². The van der Waals surface area contributed by atoms with Crippen molar-refractivity contribution in [1.82, 2.24) is 9.78 Å². The fourth-order valence-electron chi connectivity index (χ4n) is 1.86. The minimum Gasteiger partial charge on any atom is -0.545 e. The van der Waals surface area contributed by atoms with Crippen molar-refractivity contribution in [3.63, 3.8) is 0 Å². The second-order valence-corrected chi connectivity index (χ2v) is 5.18. The van der Waals surface area contributed by atoms with Crippen molar-refractivity contribution in [2.45, 2.75) is 13.0 Å². The first-order valence-electron chi connectivity index (χ1n) is 6.19. The van der Waals surface area contributed by atoms with E-state index in [0.29, 0.717) is 24.2 Å². The molecule has 1 heterocycles. The van der Waals surface area contributed by atoms with Crippen LogP contribution in [0.25, 0.3) is 17.3 Å². The molecule has 0 radical (unpaired) electrons. The molecular weight excluding hydrogens is 334 g/mol. The maximum Gasteiger partial charge on any atom is 0.0995 e. The van der Waals surface area contributed by atoms with Crippen molar-refractivity contribution >= 4 is 28.0 Å². The topological polar surface area (TPSA) is 81.7 Å². The predicted molar refractivity (Wildman–Crippen MR) is 79.6 cm³/mol. The second kappa shape index (κ2) is 6.86. The summed E-state index contributed by atoms with van der Waals surface area (Å²) in [4.78, 5) is 10.6. The van der Waals surface area contributed by atoms with Gasteiger partial charge in [0.1, 0.15) is 0 Å². The van der Waals surface area contributed by atoms with Gasteiger partial charge < -0.3 is 9.90 Å². The highest BCUT2D eigenvalue weighted by Crippen LogP contribution is 2.26. The lowest BCUT2D eigenvalue weighted by molar-refractivity contribution is -0.297. The van der Waals surface area contributed by atoms with Gasteiger partial charge in [-0.05, 0) is 24.3 Å². The molecule has 0 saturated heterocycles. The Morgan fingerprint density at radius 1 is 1.52 bits per heavy atom. The van der Waals surface area contributed by atoms with Crippen molar-refractivity contribution in [2.24, 2.45) is 0 Å². The van der Waals surface area contributed by atoms with E-state index in [2.05, 4.69) is 27.1 Å². The Hall–Kier alpha value is -2.39. The zero-order valence-corrected chi connectivity index (χ0v) is 12.6. The second-order valence-electron chi connectivity index (χ2n) is 4.27. The number of aliphatic carboxylic acids is 1. The van der Waals surface area contributed by atoms with Gasteiger partial charge in [-0.1, -0.05) is 28.1 Å². The molecule has 0 aliphatic heterocycles. The van der Waals surface area contributed by atoms with E-state index in [1.807, 2.05) is 24.3 Å². The van der Waals surface area contributed by atoms with Crippen LogP contribution in [0.4, 0.5) is 0 Å². The molecule has 21 heavy (non-hydrogen) atoms. The molecule has 0 spiro atoms. The minimum atomic E-state index is -1.26. The third-order valence-corrected chi connectivity index (χ3v) is 3.23. The number of aryl methyl sites for hydroxylation is 1. The number of carboxylic acid groups (broad SMARTS) is 1. The molecule has 106 valence electrons. The summed E-state index contributed by atoms with van der Waals surface area (Å²) in [5, 5.41) is 23.6. The van der Waals surface area contributed by atoms with Crippen molar-refractivity contribution in [1.29, 1.82) is 5.26 Å². The van der Waals surface area contributed by atoms with Crippen LogP contribution in [0.2, 0.25) is 0 Å². The molecule has 1 aromatic heterocycles. The number of hydrogen-bond acceptors (Lipinski definition) is 4. The van der Waals surface area contributed by atoms with Crippen LogP contribution in [-0.4, -0.2) is 15.7 Å². The highest BCUT2D eigenvalue weighted by molar-refractivity contribution is 9.10. The molecule has 0 atom stereocenters. The molecule has 2 aromatic rings. The molecule has 0 aliphatic rings. The Morgan fingerprint density at radius 3 is 3.00 bits per heavy atom. The van der Waals surface area contributed by atoms with Crippen LogP contribution in [0.1, 0.15) is 12.0 Å². The molecule has 0 amide bonds. The Bertz CT molecular complexity index is 729. The van der Waals surface area contributed by atoms with Gasteiger partial charge in [-0.3, -0.25) is 4.68 Å². The Balaban J connectivity index is 2.44.